The monoisotopic (exact) mass is 307 g/mol. The van der Waals surface area contributed by atoms with Crippen molar-refractivity contribution in [3.05, 3.63) is 29.8 Å². The molecule has 2 N–H and O–H groups in total. The summed E-state index contributed by atoms with van der Waals surface area (Å²) in [5, 5.41) is 9.78. The fraction of sp³-hybridized carbons (Fsp3) is 0.538. The van der Waals surface area contributed by atoms with Gasteiger partial charge < -0.3 is 5.11 Å². The van der Waals surface area contributed by atoms with Crippen LogP contribution < -0.4 is 4.72 Å². The predicted octanol–water partition coefficient (Wildman–Crippen LogP) is 2.04. The molecule has 1 atom stereocenters. The van der Waals surface area contributed by atoms with Gasteiger partial charge in [-0.15, -0.1) is 0 Å². The van der Waals surface area contributed by atoms with Crippen LogP contribution >= 0.6 is 0 Å². The fourth-order valence-corrected chi connectivity index (χ4v) is 2.75. The van der Waals surface area contributed by atoms with E-state index in [0.29, 0.717) is 0 Å². The molecule has 0 spiro atoms. The minimum absolute atomic E-state index is 0.103. The van der Waals surface area contributed by atoms with Gasteiger partial charge in [0.15, 0.2) is 4.90 Å². The van der Waals surface area contributed by atoms with Gasteiger partial charge in [0.1, 0.15) is 11.6 Å². The molecule has 0 bridgehead atoms. The first-order chi connectivity index (χ1) is 9.05. The molecule has 20 heavy (non-hydrogen) atoms. The molecule has 0 fully saturated rings. The van der Waals surface area contributed by atoms with Crippen LogP contribution in [0.5, 0.6) is 0 Å². The Morgan fingerprint density at radius 1 is 1.25 bits per heavy atom. The van der Waals surface area contributed by atoms with E-state index in [1.807, 2.05) is 20.8 Å². The molecule has 0 saturated carbocycles. The molecule has 4 nitrogen and oxygen atoms in total. The minimum atomic E-state index is -4.27. The average molecular weight is 307 g/mol. The second-order valence-corrected chi connectivity index (χ2v) is 7.32. The lowest BCUT2D eigenvalue weighted by Gasteiger charge is -2.25. The maximum atomic E-state index is 13.4. The van der Waals surface area contributed by atoms with Gasteiger partial charge in [-0.1, -0.05) is 26.8 Å². The van der Waals surface area contributed by atoms with E-state index < -0.39 is 38.1 Å². The van der Waals surface area contributed by atoms with Gasteiger partial charge in [0.25, 0.3) is 0 Å². The zero-order chi connectivity index (χ0) is 15.6. The summed E-state index contributed by atoms with van der Waals surface area (Å²) in [6.07, 6.45) is -0.575. The number of nitrogens with one attached hydrogen (secondary N) is 1. The van der Waals surface area contributed by atoms with E-state index in [1.165, 1.54) is 0 Å². The molecule has 0 aliphatic carbocycles. The van der Waals surface area contributed by atoms with Gasteiger partial charge in [-0.3, -0.25) is 0 Å². The normalized spacial score (nSPS) is 14.3. The molecule has 1 aromatic rings. The topological polar surface area (TPSA) is 66.4 Å². The number of halogens is 2. The van der Waals surface area contributed by atoms with Gasteiger partial charge in [0.05, 0.1) is 6.10 Å². The lowest BCUT2D eigenvalue weighted by atomic mass is 9.87. The molecule has 0 aliphatic rings. The fourth-order valence-electron chi connectivity index (χ4n) is 1.57. The molecule has 0 aromatic heterocycles. The smallest absolute Gasteiger partial charge is 0.246 e. The van der Waals surface area contributed by atoms with Crippen LogP contribution in [-0.4, -0.2) is 26.2 Å². The summed E-state index contributed by atoms with van der Waals surface area (Å²) in [6.45, 7) is 5.32. The van der Waals surface area contributed by atoms with E-state index >= 15 is 0 Å². The second kappa shape index (κ2) is 6.15. The summed E-state index contributed by atoms with van der Waals surface area (Å²) in [5.74, 6) is -2.29. The molecule has 1 rings (SSSR count). The van der Waals surface area contributed by atoms with Crippen molar-refractivity contribution < 1.29 is 22.3 Å². The molecule has 0 heterocycles. The number of hydrogen-bond acceptors (Lipinski definition) is 3. The van der Waals surface area contributed by atoms with E-state index in [1.54, 1.807) is 0 Å². The number of benzene rings is 1. The van der Waals surface area contributed by atoms with Crippen LogP contribution in [0.25, 0.3) is 0 Å². The van der Waals surface area contributed by atoms with Crippen molar-refractivity contribution >= 4 is 10.0 Å². The summed E-state index contributed by atoms with van der Waals surface area (Å²) in [7, 11) is -4.27. The van der Waals surface area contributed by atoms with Crippen LogP contribution in [0.15, 0.2) is 23.1 Å². The van der Waals surface area contributed by atoms with E-state index in [0.717, 1.165) is 18.2 Å². The Labute approximate surface area is 117 Å². The van der Waals surface area contributed by atoms with Crippen molar-refractivity contribution in [1.82, 2.24) is 4.72 Å². The van der Waals surface area contributed by atoms with Gasteiger partial charge in [-0.2, -0.15) is 0 Å². The van der Waals surface area contributed by atoms with Crippen molar-refractivity contribution in [2.75, 3.05) is 6.54 Å². The standard InChI is InChI=1S/C13H19F2NO3S/c1-13(2,3)11(17)7-8-16-20(18,19)12-9(14)5-4-6-10(12)15/h4-6,11,16-17H,7-8H2,1-3H3. The zero-order valence-electron chi connectivity index (χ0n) is 11.7. The summed E-state index contributed by atoms with van der Waals surface area (Å²) in [4.78, 5) is -0.995. The van der Waals surface area contributed by atoms with Gasteiger partial charge in [-0.25, -0.2) is 21.9 Å². The van der Waals surface area contributed by atoms with Crippen LogP contribution in [0.4, 0.5) is 8.78 Å². The van der Waals surface area contributed by atoms with Gasteiger partial charge in [0, 0.05) is 6.54 Å². The summed E-state index contributed by atoms with van der Waals surface area (Å²) >= 11 is 0. The summed E-state index contributed by atoms with van der Waals surface area (Å²) < 4.78 is 52.6. The number of aliphatic hydroxyl groups is 1. The Bertz CT molecular complexity index is 547. The molecule has 1 aromatic carbocycles. The Morgan fingerprint density at radius 3 is 2.20 bits per heavy atom. The number of aliphatic hydroxyl groups excluding tert-OH is 1. The lowest BCUT2D eigenvalue weighted by molar-refractivity contribution is 0.0571. The van der Waals surface area contributed by atoms with Crippen molar-refractivity contribution in [2.24, 2.45) is 5.41 Å². The van der Waals surface area contributed by atoms with Crippen LogP contribution in [-0.2, 0) is 10.0 Å². The molecule has 0 radical (unpaired) electrons. The van der Waals surface area contributed by atoms with Crippen molar-refractivity contribution in [3.8, 4) is 0 Å². The molecule has 114 valence electrons. The maximum absolute atomic E-state index is 13.4. The lowest BCUT2D eigenvalue weighted by Crippen LogP contribution is -2.33. The highest BCUT2D eigenvalue weighted by Gasteiger charge is 2.25. The average Bonchev–Trinajstić information content (AvgIpc) is 2.26. The minimum Gasteiger partial charge on any atom is -0.393 e. The maximum Gasteiger partial charge on any atom is 0.246 e. The molecule has 0 aliphatic heterocycles. The highest BCUT2D eigenvalue weighted by Crippen LogP contribution is 2.22. The third kappa shape index (κ3) is 4.22. The second-order valence-electron chi connectivity index (χ2n) is 5.62. The van der Waals surface area contributed by atoms with Gasteiger partial charge >= 0.3 is 0 Å². The first-order valence-corrected chi connectivity index (χ1v) is 7.66. The van der Waals surface area contributed by atoms with E-state index in [-0.39, 0.29) is 13.0 Å². The molecule has 7 heteroatoms. The van der Waals surface area contributed by atoms with Crippen LogP contribution in [0, 0.1) is 17.0 Å². The van der Waals surface area contributed by atoms with Crippen molar-refractivity contribution in [1.29, 1.82) is 0 Å². The first kappa shape index (κ1) is 17.0. The summed E-state index contributed by atoms with van der Waals surface area (Å²) in [6, 6.07) is 2.84. The van der Waals surface area contributed by atoms with Crippen molar-refractivity contribution in [3.63, 3.8) is 0 Å². The number of rotatable bonds is 5. The molecular formula is C13H19F2NO3S. The van der Waals surface area contributed by atoms with Crippen LogP contribution in [0.3, 0.4) is 0 Å². The van der Waals surface area contributed by atoms with Gasteiger partial charge in [-0.05, 0) is 24.0 Å². The van der Waals surface area contributed by atoms with Gasteiger partial charge in [0.2, 0.25) is 10.0 Å². The Balaban J connectivity index is 2.77. The highest BCUT2D eigenvalue weighted by molar-refractivity contribution is 7.89. The Hall–Kier alpha value is -1.05. The predicted molar refractivity (Wildman–Crippen MR) is 71.6 cm³/mol. The molecular weight excluding hydrogens is 288 g/mol. The van der Waals surface area contributed by atoms with E-state index in [2.05, 4.69) is 4.72 Å². The molecule has 1 unspecified atom stereocenters. The SMILES string of the molecule is CC(C)(C)C(O)CCNS(=O)(=O)c1c(F)cccc1F. The van der Waals surface area contributed by atoms with E-state index in [4.69, 9.17) is 0 Å². The number of sulfonamides is 1. The van der Waals surface area contributed by atoms with Crippen LogP contribution in [0.2, 0.25) is 0 Å². The molecule has 0 amide bonds. The summed E-state index contributed by atoms with van der Waals surface area (Å²) in [5.41, 5.74) is -0.394. The third-order valence-electron chi connectivity index (χ3n) is 2.90. The van der Waals surface area contributed by atoms with E-state index in [9.17, 15) is 22.3 Å². The van der Waals surface area contributed by atoms with Crippen LogP contribution in [0.1, 0.15) is 27.2 Å². The highest BCUT2D eigenvalue weighted by atomic mass is 32.2. The Morgan fingerprint density at radius 2 is 1.75 bits per heavy atom. The zero-order valence-corrected chi connectivity index (χ0v) is 12.5. The molecule has 0 saturated heterocycles. The first-order valence-electron chi connectivity index (χ1n) is 6.17. The van der Waals surface area contributed by atoms with Crippen molar-refractivity contribution in [2.45, 2.75) is 38.2 Å². The quantitative estimate of drug-likeness (QED) is 0.875. The Kier molecular flexibility index (Phi) is 5.23. The largest absolute Gasteiger partial charge is 0.393 e. The number of hydrogen-bond donors (Lipinski definition) is 2. The third-order valence-corrected chi connectivity index (χ3v) is 4.41.